The van der Waals surface area contributed by atoms with Gasteiger partial charge in [0.2, 0.25) is 0 Å². The highest BCUT2D eigenvalue weighted by Crippen LogP contribution is 2.32. The maximum absolute atomic E-state index is 12.3. The van der Waals surface area contributed by atoms with Gasteiger partial charge in [0, 0.05) is 48.7 Å². The number of anilines is 2. The zero-order valence-electron chi connectivity index (χ0n) is 15.9. The normalized spacial score (nSPS) is 14.8. The van der Waals surface area contributed by atoms with Crippen LogP contribution < -0.4 is 15.4 Å². The minimum absolute atomic E-state index is 0.292. The summed E-state index contributed by atoms with van der Waals surface area (Å²) in [5.74, 6) is 0. The van der Waals surface area contributed by atoms with E-state index in [9.17, 15) is 4.79 Å². The van der Waals surface area contributed by atoms with Gasteiger partial charge < -0.3 is 14.2 Å². The van der Waals surface area contributed by atoms with Crippen molar-refractivity contribution in [2.24, 2.45) is 0 Å². The van der Waals surface area contributed by atoms with Crippen LogP contribution in [0.4, 0.5) is 11.4 Å². The Morgan fingerprint density at radius 1 is 0.786 bits per heavy atom. The molecule has 4 heteroatoms. The van der Waals surface area contributed by atoms with Crippen molar-refractivity contribution in [2.45, 2.75) is 6.92 Å². The summed E-state index contributed by atoms with van der Waals surface area (Å²) in [6.07, 6.45) is 0. The third kappa shape index (κ3) is 2.91. The van der Waals surface area contributed by atoms with Gasteiger partial charge in [-0.1, -0.05) is 42.5 Å². The van der Waals surface area contributed by atoms with Gasteiger partial charge in [0.1, 0.15) is 5.58 Å². The first-order valence-electron chi connectivity index (χ1n) is 9.71. The Balaban J connectivity index is 1.50. The Labute approximate surface area is 163 Å². The minimum atomic E-state index is -0.292. The summed E-state index contributed by atoms with van der Waals surface area (Å²) >= 11 is 0. The van der Waals surface area contributed by atoms with Crippen LogP contribution in [-0.4, -0.2) is 26.2 Å². The quantitative estimate of drug-likeness (QED) is 0.382. The molecule has 28 heavy (non-hydrogen) atoms. The molecule has 0 N–H and O–H groups in total. The molecular weight excluding hydrogens is 348 g/mol. The van der Waals surface area contributed by atoms with E-state index in [0.29, 0.717) is 5.58 Å². The molecule has 0 bridgehead atoms. The predicted molar refractivity (Wildman–Crippen MR) is 116 cm³/mol. The Hall–Kier alpha value is -3.27. The first kappa shape index (κ1) is 16.9. The number of piperazine rings is 1. The van der Waals surface area contributed by atoms with Crippen molar-refractivity contribution >= 4 is 33.1 Å². The SMILES string of the molecule is Cc1cccc(N2CCN(c3cc(=O)oc4c3ccc3ccccc34)CC2)c1. The van der Waals surface area contributed by atoms with Crippen LogP contribution in [0.15, 0.2) is 75.9 Å². The molecule has 1 aliphatic heterocycles. The van der Waals surface area contributed by atoms with Crippen LogP contribution in [0.25, 0.3) is 21.7 Å². The Morgan fingerprint density at radius 2 is 1.57 bits per heavy atom. The molecule has 0 unspecified atom stereocenters. The van der Waals surface area contributed by atoms with E-state index < -0.39 is 0 Å². The van der Waals surface area contributed by atoms with E-state index in [1.807, 2.05) is 24.3 Å². The van der Waals surface area contributed by atoms with E-state index in [4.69, 9.17) is 4.42 Å². The van der Waals surface area contributed by atoms with Gasteiger partial charge in [-0.15, -0.1) is 0 Å². The van der Waals surface area contributed by atoms with Crippen molar-refractivity contribution in [3.8, 4) is 0 Å². The second kappa shape index (κ2) is 6.71. The van der Waals surface area contributed by atoms with Crippen LogP contribution in [0, 0.1) is 6.92 Å². The van der Waals surface area contributed by atoms with Crippen LogP contribution in [0.2, 0.25) is 0 Å². The summed E-state index contributed by atoms with van der Waals surface area (Å²) in [6.45, 7) is 5.73. The van der Waals surface area contributed by atoms with Crippen LogP contribution >= 0.6 is 0 Å². The smallest absolute Gasteiger partial charge is 0.338 e. The Morgan fingerprint density at radius 3 is 2.39 bits per heavy atom. The van der Waals surface area contributed by atoms with Crippen molar-refractivity contribution in [3.05, 3.63) is 82.7 Å². The van der Waals surface area contributed by atoms with Crippen LogP contribution in [-0.2, 0) is 0 Å². The molecule has 0 aliphatic carbocycles. The molecule has 2 heterocycles. The lowest BCUT2D eigenvalue weighted by molar-refractivity contribution is 0.562. The number of hydrogen-bond donors (Lipinski definition) is 0. The molecule has 4 aromatic rings. The summed E-state index contributed by atoms with van der Waals surface area (Å²) in [5, 5.41) is 3.07. The lowest BCUT2D eigenvalue weighted by atomic mass is 10.1. The molecule has 3 aromatic carbocycles. The second-order valence-corrected chi connectivity index (χ2v) is 7.43. The van der Waals surface area contributed by atoms with E-state index >= 15 is 0 Å². The van der Waals surface area contributed by atoms with Gasteiger partial charge in [0.25, 0.3) is 0 Å². The van der Waals surface area contributed by atoms with Crippen molar-refractivity contribution in [2.75, 3.05) is 36.0 Å². The highest BCUT2D eigenvalue weighted by Gasteiger charge is 2.21. The maximum atomic E-state index is 12.3. The number of benzene rings is 3. The lowest BCUT2D eigenvalue weighted by Crippen LogP contribution is -2.46. The number of rotatable bonds is 2. The Bertz CT molecular complexity index is 1220. The summed E-state index contributed by atoms with van der Waals surface area (Å²) in [4.78, 5) is 17.0. The maximum Gasteiger partial charge on any atom is 0.338 e. The average molecular weight is 370 g/mol. The molecule has 1 aliphatic rings. The first-order valence-corrected chi connectivity index (χ1v) is 9.71. The largest absolute Gasteiger partial charge is 0.422 e. The number of hydrogen-bond acceptors (Lipinski definition) is 4. The molecule has 140 valence electrons. The molecule has 0 radical (unpaired) electrons. The van der Waals surface area contributed by atoms with Gasteiger partial charge in [-0.25, -0.2) is 4.79 Å². The van der Waals surface area contributed by atoms with Crippen molar-refractivity contribution in [1.82, 2.24) is 0 Å². The van der Waals surface area contributed by atoms with E-state index in [0.717, 1.165) is 48.0 Å². The molecule has 0 atom stereocenters. The summed E-state index contributed by atoms with van der Waals surface area (Å²) in [7, 11) is 0. The van der Waals surface area contributed by atoms with Gasteiger partial charge in [0.05, 0.1) is 5.69 Å². The molecule has 0 saturated carbocycles. The minimum Gasteiger partial charge on any atom is -0.422 e. The molecule has 0 amide bonds. The first-order chi connectivity index (χ1) is 13.7. The van der Waals surface area contributed by atoms with Crippen LogP contribution in [0.3, 0.4) is 0 Å². The van der Waals surface area contributed by atoms with Crippen molar-refractivity contribution in [1.29, 1.82) is 0 Å². The molecule has 5 rings (SSSR count). The van der Waals surface area contributed by atoms with E-state index in [2.05, 4.69) is 53.1 Å². The fraction of sp³-hybridized carbons (Fsp3) is 0.208. The van der Waals surface area contributed by atoms with Crippen LogP contribution in [0.1, 0.15) is 5.56 Å². The topological polar surface area (TPSA) is 36.7 Å². The van der Waals surface area contributed by atoms with E-state index in [1.54, 1.807) is 6.07 Å². The number of fused-ring (bicyclic) bond motifs is 3. The average Bonchev–Trinajstić information content (AvgIpc) is 2.73. The standard InChI is InChI=1S/C24H22N2O2/c1-17-5-4-7-19(15-17)25-11-13-26(14-12-25)22-16-23(27)28-24-20-8-3-2-6-18(20)9-10-21(22)24/h2-10,15-16H,11-14H2,1H3. The molecule has 1 aromatic heterocycles. The predicted octanol–water partition coefficient (Wildman–Crippen LogP) is 4.58. The molecular formula is C24H22N2O2. The highest BCUT2D eigenvalue weighted by molar-refractivity contribution is 6.08. The van der Waals surface area contributed by atoms with Gasteiger partial charge >= 0.3 is 5.63 Å². The second-order valence-electron chi connectivity index (χ2n) is 7.43. The molecule has 1 fully saturated rings. The third-order valence-corrected chi connectivity index (χ3v) is 5.60. The van der Waals surface area contributed by atoms with Gasteiger partial charge in [-0.2, -0.15) is 0 Å². The molecule has 0 spiro atoms. The zero-order valence-corrected chi connectivity index (χ0v) is 15.9. The summed E-state index contributed by atoms with van der Waals surface area (Å²) < 4.78 is 5.62. The zero-order chi connectivity index (χ0) is 19.1. The number of nitrogens with zero attached hydrogens (tertiary/aromatic N) is 2. The van der Waals surface area contributed by atoms with E-state index in [-0.39, 0.29) is 5.63 Å². The van der Waals surface area contributed by atoms with Crippen LogP contribution in [0.5, 0.6) is 0 Å². The van der Waals surface area contributed by atoms with Gasteiger partial charge in [-0.3, -0.25) is 0 Å². The van der Waals surface area contributed by atoms with Crippen molar-refractivity contribution in [3.63, 3.8) is 0 Å². The number of aryl methyl sites for hydroxylation is 1. The fourth-order valence-electron chi connectivity index (χ4n) is 4.17. The molecule has 4 nitrogen and oxygen atoms in total. The van der Waals surface area contributed by atoms with Gasteiger partial charge in [0.15, 0.2) is 0 Å². The van der Waals surface area contributed by atoms with E-state index in [1.165, 1.54) is 11.3 Å². The lowest BCUT2D eigenvalue weighted by Gasteiger charge is -2.37. The third-order valence-electron chi connectivity index (χ3n) is 5.60. The highest BCUT2D eigenvalue weighted by atomic mass is 16.4. The summed E-state index contributed by atoms with van der Waals surface area (Å²) in [5.41, 5.74) is 3.91. The fourth-order valence-corrected chi connectivity index (χ4v) is 4.17. The molecule has 1 saturated heterocycles. The van der Waals surface area contributed by atoms with Crippen molar-refractivity contribution < 1.29 is 4.42 Å². The summed E-state index contributed by atoms with van der Waals surface area (Å²) in [6, 6.07) is 22.5. The monoisotopic (exact) mass is 370 g/mol. The Kier molecular flexibility index (Phi) is 4.05. The van der Waals surface area contributed by atoms with Gasteiger partial charge in [-0.05, 0) is 36.1 Å².